The monoisotopic (exact) mass is 377 g/mol. The number of fused-ring (bicyclic) bond motifs is 3. The average molecular weight is 377 g/mol. The van der Waals surface area contributed by atoms with Crippen LogP contribution in [-0.2, 0) is 29.0 Å². The Kier molecular flexibility index (Phi) is 5.41. The summed E-state index contributed by atoms with van der Waals surface area (Å²) in [6.45, 7) is 3.42. The smallest absolute Gasteiger partial charge is 0.323 e. The summed E-state index contributed by atoms with van der Waals surface area (Å²) in [6, 6.07) is -0.208. The molecule has 1 aliphatic rings. The molecule has 26 heavy (non-hydrogen) atoms. The van der Waals surface area contributed by atoms with Crippen molar-refractivity contribution in [3.05, 3.63) is 27.1 Å². The Balaban J connectivity index is 1.81. The van der Waals surface area contributed by atoms with E-state index in [9.17, 15) is 14.4 Å². The van der Waals surface area contributed by atoms with Crippen LogP contribution in [0.15, 0.2) is 11.1 Å². The van der Waals surface area contributed by atoms with Crippen LogP contribution in [0.25, 0.3) is 10.2 Å². The SMILES string of the molecule is CC(C)N(CC(=O)O)C(=O)CCn1cnc2sc3c(c2c1=O)CCCC3. The molecule has 0 spiro atoms. The van der Waals surface area contributed by atoms with Gasteiger partial charge in [0, 0.05) is 23.9 Å². The molecule has 0 unspecified atom stereocenters. The van der Waals surface area contributed by atoms with Crippen molar-refractivity contribution in [1.29, 1.82) is 0 Å². The van der Waals surface area contributed by atoms with E-state index in [1.165, 1.54) is 20.7 Å². The lowest BCUT2D eigenvalue weighted by atomic mass is 9.97. The number of aromatic nitrogens is 2. The largest absolute Gasteiger partial charge is 0.480 e. The maximum Gasteiger partial charge on any atom is 0.323 e. The third-order valence-corrected chi connectivity index (χ3v) is 5.96. The molecule has 1 aliphatic carbocycles. The number of hydrogen-bond donors (Lipinski definition) is 1. The number of amides is 1. The first kappa shape index (κ1) is 18.6. The van der Waals surface area contributed by atoms with Crippen molar-refractivity contribution < 1.29 is 14.7 Å². The highest BCUT2D eigenvalue weighted by Gasteiger charge is 2.22. The predicted molar refractivity (Wildman–Crippen MR) is 99.6 cm³/mol. The van der Waals surface area contributed by atoms with Gasteiger partial charge in [0.15, 0.2) is 0 Å². The van der Waals surface area contributed by atoms with E-state index in [-0.39, 0.29) is 37.0 Å². The van der Waals surface area contributed by atoms with Gasteiger partial charge in [-0.1, -0.05) is 0 Å². The van der Waals surface area contributed by atoms with E-state index in [0.717, 1.165) is 36.1 Å². The van der Waals surface area contributed by atoms with Gasteiger partial charge in [-0.2, -0.15) is 0 Å². The van der Waals surface area contributed by atoms with E-state index in [1.807, 2.05) is 0 Å². The summed E-state index contributed by atoms with van der Waals surface area (Å²) in [4.78, 5) is 44.0. The van der Waals surface area contributed by atoms with Gasteiger partial charge in [-0.25, -0.2) is 4.98 Å². The summed E-state index contributed by atoms with van der Waals surface area (Å²) in [5.41, 5.74) is 1.03. The van der Waals surface area contributed by atoms with Gasteiger partial charge in [-0.3, -0.25) is 19.0 Å². The van der Waals surface area contributed by atoms with Crippen LogP contribution in [0.5, 0.6) is 0 Å². The number of aryl methyl sites for hydroxylation is 3. The summed E-state index contributed by atoms with van der Waals surface area (Å²) in [7, 11) is 0. The Morgan fingerprint density at radius 2 is 2.08 bits per heavy atom. The normalized spacial score (nSPS) is 13.8. The molecule has 0 saturated carbocycles. The minimum absolute atomic E-state index is 0.0743. The number of rotatable bonds is 6. The lowest BCUT2D eigenvalue weighted by molar-refractivity contribution is -0.145. The highest BCUT2D eigenvalue weighted by Crippen LogP contribution is 2.33. The minimum atomic E-state index is -1.04. The molecule has 140 valence electrons. The number of hydrogen-bond acceptors (Lipinski definition) is 5. The topological polar surface area (TPSA) is 92.5 Å². The quantitative estimate of drug-likeness (QED) is 0.832. The zero-order valence-electron chi connectivity index (χ0n) is 15.0. The van der Waals surface area contributed by atoms with Gasteiger partial charge in [-0.05, 0) is 45.1 Å². The van der Waals surface area contributed by atoms with Gasteiger partial charge in [0.25, 0.3) is 5.56 Å². The molecule has 0 aliphatic heterocycles. The third kappa shape index (κ3) is 3.65. The van der Waals surface area contributed by atoms with Crippen LogP contribution in [0, 0.1) is 0 Å². The summed E-state index contributed by atoms with van der Waals surface area (Å²) in [5, 5.41) is 9.66. The highest BCUT2D eigenvalue weighted by molar-refractivity contribution is 7.18. The minimum Gasteiger partial charge on any atom is -0.480 e. The molecular formula is C18H23N3O4S. The maximum atomic E-state index is 12.9. The second-order valence-corrected chi connectivity index (χ2v) is 7.98. The molecule has 7 nitrogen and oxygen atoms in total. The molecule has 0 aromatic carbocycles. The summed E-state index contributed by atoms with van der Waals surface area (Å²) < 4.78 is 1.47. The van der Waals surface area contributed by atoms with Crippen molar-refractivity contribution in [1.82, 2.24) is 14.5 Å². The number of carbonyl (C=O) groups is 2. The molecule has 2 heterocycles. The Hall–Kier alpha value is -2.22. The van der Waals surface area contributed by atoms with E-state index in [4.69, 9.17) is 5.11 Å². The molecule has 2 aromatic rings. The second-order valence-electron chi connectivity index (χ2n) is 6.89. The van der Waals surface area contributed by atoms with Crippen molar-refractivity contribution >= 4 is 33.4 Å². The van der Waals surface area contributed by atoms with Crippen molar-refractivity contribution in [3.8, 4) is 0 Å². The Morgan fingerprint density at radius 1 is 1.35 bits per heavy atom. The van der Waals surface area contributed by atoms with Gasteiger partial charge in [0.05, 0.1) is 11.7 Å². The molecule has 0 saturated heterocycles. The Labute approximate surface area is 155 Å². The number of thiophene rings is 1. The third-order valence-electron chi connectivity index (χ3n) is 4.76. The van der Waals surface area contributed by atoms with Gasteiger partial charge in [0.1, 0.15) is 11.4 Å². The predicted octanol–water partition coefficient (Wildman–Crippen LogP) is 2.05. The standard InChI is InChI=1S/C18H23N3O4S/c1-11(2)21(9-15(23)24)14(22)7-8-20-10-19-17-16(18(20)25)12-5-3-4-6-13(12)26-17/h10-11H,3-9H2,1-2H3,(H,23,24). The number of aliphatic carboxylic acids is 1. The summed E-state index contributed by atoms with van der Waals surface area (Å²) in [5.74, 6) is -1.32. The Bertz CT molecular complexity index is 900. The van der Waals surface area contributed by atoms with Crippen molar-refractivity contribution in [3.63, 3.8) is 0 Å². The van der Waals surface area contributed by atoms with Crippen LogP contribution in [0.4, 0.5) is 0 Å². The number of carboxylic acids is 1. The average Bonchev–Trinajstić information content (AvgIpc) is 2.97. The van der Waals surface area contributed by atoms with Crippen LogP contribution >= 0.6 is 11.3 Å². The molecule has 0 fully saturated rings. The zero-order chi connectivity index (χ0) is 18.8. The molecule has 0 atom stereocenters. The number of nitrogens with zero attached hydrogens (tertiary/aromatic N) is 3. The fourth-order valence-corrected chi connectivity index (χ4v) is 4.62. The summed E-state index contributed by atoms with van der Waals surface area (Å²) in [6.07, 6.45) is 5.73. The van der Waals surface area contributed by atoms with Gasteiger partial charge < -0.3 is 10.0 Å². The van der Waals surface area contributed by atoms with Crippen LogP contribution in [0.3, 0.4) is 0 Å². The highest BCUT2D eigenvalue weighted by atomic mass is 32.1. The van der Waals surface area contributed by atoms with Gasteiger partial charge >= 0.3 is 5.97 Å². The van der Waals surface area contributed by atoms with Crippen molar-refractivity contribution in [2.24, 2.45) is 0 Å². The lowest BCUT2D eigenvalue weighted by Crippen LogP contribution is -2.41. The molecule has 0 radical (unpaired) electrons. The van der Waals surface area contributed by atoms with Crippen LogP contribution in [-0.4, -0.2) is 44.0 Å². The first-order valence-electron chi connectivity index (χ1n) is 8.89. The molecule has 2 aromatic heterocycles. The van der Waals surface area contributed by atoms with E-state index in [1.54, 1.807) is 25.2 Å². The molecular weight excluding hydrogens is 354 g/mol. The number of carboxylic acid groups (broad SMARTS) is 1. The second kappa shape index (κ2) is 7.57. The number of carbonyl (C=O) groups excluding carboxylic acids is 1. The van der Waals surface area contributed by atoms with Crippen LogP contribution in [0.1, 0.15) is 43.6 Å². The van der Waals surface area contributed by atoms with Gasteiger partial charge in [0.2, 0.25) is 5.91 Å². The molecule has 1 amide bonds. The molecule has 3 rings (SSSR count). The lowest BCUT2D eigenvalue weighted by Gasteiger charge is -2.25. The first-order chi connectivity index (χ1) is 12.4. The summed E-state index contributed by atoms with van der Waals surface area (Å²) >= 11 is 1.60. The fraction of sp³-hybridized carbons (Fsp3) is 0.556. The molecule has 0 bridgehead atoms. The zero-order valence-corrected chi connectivity index (χ0v) is 15.8. The van der Waals surface area contributed by atoms with E-state index in [0.29, 0.717) is 5.39 Å². The van der Waals surface area contributed by atoms with E-state index in [2.05, 4.69) is 4.98 Å². The maximum absolute atomic E-state index is 12.9. The molecule has 8 heteroatoms. The van der Waals surface area contributed by atoms with Crippen molar-refractivity contribution in [2.75, 3.05) is 6.54 Å². The van der Waals surface area contributed by atoms with E-state index < -0.39 is 5.97 Å². The van der Waals surface area contributed by atoms with Gasteiger partial charge in [-0.15, -0.1) is 11.3 Å². The fourth-order valence-electron chi connectivity index (χ4n) is 3.40. The molecule has 1 N–H and O–H groups in total. The van der Waals surface area contributed by atoms with Crippen molar-refractivity contribution in [2.45, 2.75) is 58.5 Å². The van der Waals surface area contributed by atoms with E-state index >= 15 is 0 Å². The Morgan fingerprint density at radius 3 is 2.77 bits per heavy atom. The van der Waals surface area contributed by atoms with Crippen LogP contribution in [0.2, 0.25) is 0 Å². The first-order valence-corrected chi connectivity index (χ1v) is 9.71. The van der Waals surface area contributed by atoms with Crippen LogP contribution < -0.4 is 5.56 Å².